The van der Waals surface area contributed by atoms with Crippen LogP contribution >= 0.6 is 0 Å². The summed E-state index contributed by atoms with van der Waals surface area (Å²) in [6.45, 7) is 2.49. The first-order valence-electron chi connectivity index (χ1n) is 9.05. The smallest absolute Gasteiger partial charge is 0.114 e. The number of allylic oxidation sites excluding steroid dienone is 1. The Morgan fingerprint density at radius 1 is 1.04 bits per heavy atom. The summed E-state index contributed by atoms with van der Waals surface area (Å²) in [5.74, 6) is 0. The van der Waals surface area contributed by atoms with Crippen LogP contribution in [0, 0.1) is 0 Å². The van der Waals surface area contributed by atoms with E-state index in [1.807, 2.05) is 0 Å². The normalized spacial score (nSPS) is 28.5. The molecule has 0 aromatic heterocycles. The third-order valence-electron chi connectivity index (χ3n) is 4.24. The minimum absolute atomic E-state index is 0.0842. The first-order valence-corrected chi connectivity index (χ1v) is 9.05. The van der Waals surface area contributed by atoms with Crippen LogP contribution in [0.25, 0.3) is 0 Å². The molecule has 1 heterocycles. The molecule has 23 heavy (non-hydrogen) atoms. The molecule has 5 nitrogen and oxygen atoms in total. The van der Waals surface area contributed by atoms with E-state index >= 15 is 0 Å². The van der Waals surface area contributed by atoms with Gasteiger partial charge >= 0.3 is 0 Å². The highest BCUT2D eigenvalue weighted by Gasteiger charge is 2.38. The lowest BCUT2D eigenvalue weighted by Crippen LogP contribution is -2.55. The Labute approximate surface area is 140 Å². The zero-order valence-electron chi connectivity index (χ0n) is 14.4. The van der Waals surface area contributed by atoms with Crippen molar-refractivity contribution >= 4 is 0 Å². The minimum Gasteiger partial charge on any atom is -0.394 e. The fourth-order valence-corrected chi connectivity index (χ4v) is 2.78. The zero-order chi connectivity index (χ0) is 16.9. The monoisotopic (exact) mass is 330 g/mol. The molecule has 1 aliphatic rings. The van der Waals surface area contributed by atoms with Gasteiger partial charge in [0.15, 0.2) is 0 Å². The van der Waals surface area contributed by atoms with Crippen LogP contribution in [0.2, 0.25) is 0 Å². The van der Waals surface area contributed by atoms with Gasteiger partial charge in [-0.15, -0.1) is 0 Å². The van der Waals surface area contributed by atoms with E-state index in [0.29, 0.717) is 6.61 Å². The lowest BCUT2D eigenvalue weighted by atomic mass is 10.0. The number of aliphatic hydroxyl groups is 3. The van der Waals surface area contributed by atoms with Crippen molar-refractivity contribution in [3.05, 3.63) is 12.2 Å². The largest absolute Gasteiger partial charge is 0.394 e. The van der Waals surface area contributed by atoms with Crippen molar-refractivity contribution in [1.29, 1.82) is 0 Å². The first kappa shape index (κ1) is 20.6. The minimum atomic E-state index is -0.990. The Kier molecular flexibility index (Phi) is 11.5. The molecular weight excluding hydrogens is 296 g/mol. The molecule has 1 fully saturated rings. The molecule has 136 valence electrons. The van der Waals surface area contributed by atoms with Gasteiger partial charge in [-0.25, -0.2) is 0 Å². The Balaban J connectivity index is 2.06. The molecule has 0 saturated carbocycles. The van der Waals surface area contributed by atoms with Crippen molar-refractivity contribution in [2.75, 3.05) is 19.8 Å². The standard InChI is InChI=1S/C18H34O5/c1-2-3-4-5-6-7-8-9-10-11-12-22-18-15(20)14-23-16(13-19)17(18)21/h9-10,15-21H,2-8,11-14H2,1H3/b10-9+/t15-,16+,17+,18+/m0/s1. The van der Waals surface area contributed by atoms with E-state index < -0.39 is 24.4 Å². The Morgan fingerprint density at radius 2 is 1.74 bits per heavy atom. The van der Waals surface area contributed by atoms with Gasteiger partial charge in [-0.3, -0.25) is 0 Å². The SMILES string of the molecule is CCCCCCCC/C=C/CCO[C@H]1[C@H](O)[C@@H](CO)OC[C@@H]1O. The molecule has 4 atom stereocenters. The molecule has 0 bridgehead atoms. The van der Waals surface area contributed by atoms with Gasteiger partial charge in [-0.1, -0.05) is 51.2 Å². The van der Waals surface area contributed by atoms with Crippen LogP contribution in [0.5, 0.6) is 0 Å². The number of hydrogen-bond acceptors (Lipinski definition) is 5. The maximum absolute atomic E-state index is 9.97. The number of aliphatic hydroxyl groups excluding tert-OH is 3. The van der Waals surface area contributed by atoms with Crippen molar-refractivity contribution in [2.45, 2.75) is 82.7 Å². The third kappa shape index (κ3) is 8.27. The highest BCUT2D eigenvalue weighted by molar-refractivity contribution is 4.88. The fraction of sp³-hybridized carbons (Fsp3) is 0.889. The van der Waals surface area contributed by atoms with E-state index in [1.54, 1.807) is 0 Å². The maximum Gasteiger partial charge on any atom is 0.114 e. The van der Waals surface area contributed by atoms with Crippen molar-refractivity contribution in [3.63, 3.8) is 0 Å². The van der Waals surface area contributed by atoms with E-state index in [1.165, 1.54) is 38.5 Å². The summed E-state index contributed by atoms with van der Waals surface area (Å²) in [6, 6.07) is 0. The Hall–Kier alpha value is -0.460. The van der Waals surface area contributed by atoms with Gasteiger partial charge in [0.2, 0.25) is 0 Å². The quantitative estimate of drug-likeness (QED) is 0.377. The van der Waals surface area contributed by atoms with Crippen molar-refractivity contribution < 1.29 is 24.8 Å². The molecule has 0 aromatic rings. The second kappa shape index (κ2) is 12.9. The Morgan fingerprint density at radius 3 is 2.48 bits per heavy atom. The van der Waals surface area contributed by atoms with Crippen LogP contribution in [0.4, 0.5) is 0 Å². The van der Waals surface area contributed by atoms with Crippen LogP contribution in [0.15, 0.2) is 12.2 Å². The van der Waals surface area contributed by atoms with Gasteiger partial charge < -0.3 is 24.8 Å². The number of hydrogen-bond donors (Lipinski definition) is 3. The summed E-state index contributed by atoms with van der Waals surface area (Å²) in [5.41, 5.74) is 0. The van der Waals surface area contributed by atoms with E-state index in [0.717, 1.165) is 12.8 Å². The van der Waals surface area contributed by atoms with E-state index in [-0.39, 0.29) is 13.2 Å². The predicted octanol–water partition coefficient (Wildman–Crippen LogP) is 2.18. The van der Waals surface area contributed by atoms with Gasteiger partial charge in [0, 0.05) is 0 Å². The fourth-order valence-electron chi connectivity index (χ4n) is 2.78. The summed E-state index contributed by atoms with van der Waals surface area (Å²) in [7, 11) is 0. The Bertz CT molecular complexity index is 308. The lowest BCUT2D eigenvalue weighted by Gasteiger charge is -2.37. The predicted molar refractivity (Wildman–Crippen MR) is 90.3 cm³/mol. The summed E-state index contributed by atoms with van der Waals surface area (Å²) in [4.78, 5) is 0. The maximum atomic E-state index is 9.97. The molecule has 1 aliphatic heterocycles. The number of ether oxygens (including phenoxy) is 2. The number of rotatable bonds is 12. The summed E-state index contributed by atoms with van der Waals surface area (Å²) in [5, 5.41) is 28.9. The van der Waals surface area contributed by atoms with Crippen molar-refractivity contribution in [3.8, 4) is 0 Å². The molecule has 0 amide bonds. The molecule has 0 radical (unpaired) electrons. The molecule has 0 spiro atoms. The van der Waals surface area contributed by atoms with Crippen molar-refractivity contribution in [1.82, 2.24) is 0 Å². The van der Waals surface area contributed by atoms with E-state index in [2.05, 4.69) is 19.1 Å². The molecule has 1 rings (SSSR count). The average molecular weight is 330 g/mol. The second-order valence-corrected chi connectivity index (χ2v) is 6.26. The van der Waals surface area contributed by atoms with Gasteiger partial charge in [0.1, 0.15) is 24.4 Å². The van der Waals surface area contributed by atoms with Crippen LogP contribution in [0.1, 0.15) is 58.3 Å². The van der Waals surface area contributed by atoms with Crippen LogP contribution in [-0.4, -0.2) is 59.6 Å². The van der Waals surface area contributed by atoms with Crippen LogP contribution < -0.4 is 0 Å². The third-order valence-corrected chi connectivity index (χ3v) is 4.24. The highest BCUT2D eigenvalue weighted by atomic mass is 16.6. The molecular formula is C18H34O5. The highest BCUT2D eigenvalue weighted by Crippen LogP contribution is 2.18. The van der Waals surface area contributed by atoms with E-state index in [9.17, 15) is 10.2 Å². The van der Waals surface area contributed by atoms with Gasteiger partial charge in [-0.05, 0) is 19.3 Å². The summed E-state index contributed by atoms with van der Waals surface area (Å²) < 4.78 is 10.7. The first-order chi connectivity index (χ1) is 11.2. The topological polar surface area (TPSA) is 79.2 Å². The zero-order valence-corrected chi connectivity index (χ0v) is 14.4. The summed E-state index contributed by atoms with van der Waals surface area (Å²) >= 11 is 0. The van der Waals surface area contributed by atoms with Gasteiger partial charge in [0.05, 0.1) is 19.8 Å². The molecule has 0 aromatic carbocycles. The molecule has 1 saturated heterocycles. The van der Waals surface area contributed by atoms with Crippen LogP contribution in [0.3, 0.4) is 0 Å². The second-order valence-electron chi connectivity index (χ2n) is 6.26. The van der Waals surface area contributed by atoms with Crippen molar-refractivity contribution in [2.24, 2.45) is 0 Å². The molecule has 0 unspecified atom stereocenters. The van der Waals surface area contributed by atoms with Gasteiger partial charge in [0.25, 0.3) is 0 Å². The lowest BCUT2D eigenvalue weighted by molar-refractivity contribution is -0.210. The molecule has 3 N–H and O–H groups in total. The molecule has 0 aliphatic carbocycles. The number of unbranched alkanes of at least 4 members (excludes halogenated alkanes) is 6. The van der Waals surface area contributed by atoms with Crippen LogP contribution in [-0.2, 0) is 9.47 Å². The van der Waals surface area contributed by atoms with Gasteiger partial charge in [-0.2, -0.15) is 0 Å². The average Bonchev–Trinajstić information content (AvgIpc) is 2.55. The van der Waals surface area contributed by atoms with E-state index in [4.69, 9.17) is 14.6 Å². The molecule has 5 heteroatoms. The summed E-state index contributed by atoms with van der Waals surface area (Å²) in [6.07, 6.45) is 10.8.